The summed E-state index contributed by atoms with van der Waals surface area (Å²) in [4.78, 5) is 22.8. The van der Waals surface area contributed by atoms with Crippen LogP contribution in [0.5, 0.6) is 5.75 Å². The van der Waals surface area contributed by atoms with Crippen molar-refractivity contribution in [2.24, 2.45) is 0 Å². The van der Waals surface area contributed by atoms with Crippen molar-refractivity contribution in [1.82, 2.24) is 5.32 Å². The highest BCUT2D eigenvalue weighted by Crippen LogP contribution is 2.14. The van der Waals surface area contributed by atoms with Crippen molar-refractivity contribution >= 4 is 17.5 Å². The number of methoxy groups -OCH3 is 1. The third-order valence-electron chi connectivity index (χ3n) is 2.27. The van der Waals surface area contributed by atoms with Gasteiger partial charge < -0.3 is 15.4 Å². The molecule has 0 aliphatic carbocycles. The minimum atomic E-state index is -0.325. The lowest BCUT2D eigenvalue weighted by Crippen LogP contribution is -2.28. The highest BCUT2D eigenvalue weighted by atomic mass is 16.5. The van der Waals surface area contributed by atoms with Crippen LogP contribution in [0.3, 0.4) is 0 Å². The van der Waals surface area contributed by atoms with Gasteiger partial charge in [0.2, 0.25) is 11.8 Å². The molecule has 0 spiro atoms. The number of amides is 2. The molecule has 0 unspecified atom stereocenters. The van der Waals surface area contributed by atoms with Gasteiger partial charge in [0.25, 0.3) is 0 Å². The molecule has 5 heteroatoms. The van der Waals surface area contributed by atoms with Crippen LogP contribution in [-0.4, -0.2) is 25.5 Å². The van der Waals surface area contributed by atoms with E-state index >= 15 is 0 Å². The van der Waals surface area contributed by atoms with Gasteiger partial charge in [-0.3, -0.25) is 9.59 Å². The molecule has 0 aliphatic rings. The van der Waals surface area contributed by atoms with E-state index in [1.165, 1.54) is 0 Å². The summed E-state index contributed by atoms with van der Waals surface area (Å²) in [7, 11) is 1.58. The number of hydrogen-bond acceptors (Lipinski definition) is 3. The Morgan fingerprint density at radius 2 is 1.83 bits per heavy atom. The Labute approximate surface area is 107 Å². The van der Waals surface area contributed by atoms with E-state index in [9.17, 15) is 9.59 Å². The molecule has 0 radical (unpaired) electrons. The highest BCUT2D eigenvalue weighted by molar-refractivity contribution is 6.03. The first-order chi connectivity index (χ1) is 8.65. The second kappa shape index (κ2) is 7.32. The minimum Gasteiger partial charge on any atom is -0.497 e. The van der Waals surface area contributed by atoms with Gasteiger partial charge in [-0.1, -0.05) is 6.92 Å². The quantitative estimate of drug-likeness (QED) is 0.753. The first-order valence-electron chi connectivity index (χ1n) is 5.86. The third kappa shape index (κ3) is 4.86. The SMILES string of the molecule is CCCNC(=O)CC(=O)Nc1ccc(OC)cc1. The molecule has 18 heavy (non-hydrogen) atoms. The molecule has 2 amide bonds. The van der Waals surface area contributed by atoms with Crippen LogP contribution in [0.1, 0.15) is 19.8 Å². The summed E-state index contributed by atoms with van der Waals surface area (Å²) in [5.41, 5.74) is 0.643. The normalized spacial score (nSPS) is 9.67. The summed E-state index contributed by atoms with van der Waals surface area (Å²) in [5.74, 6) is 0.130. The van der Waals surface area contributed by atoms with Gasteiger partial charge in [-0.05, 0) is 30.7 Å². The summed E-state index contributed by atoms with van der Waals surface area (Å²) >= 11 is 0. The van der Waals surface area contributed by atoms with Crippen LogP contribution in [0.25, 0.3) is 0 Å². The van der Waals surface area contributed by atoms with Crippen molar-refractivity contribution < 1.29 is 14.3 Å². The average Bonchev–Trinajstić information content (AvgIpc) is 2.37. The van der Waals surface area contributed by atoms with Crippen LogP contribution >= 0.6 is 0 Å². The maximum Gasteiger partial charge on any atom is 0.233 e. The second-order valence-electron chi connectivity index (χ2n) is 3.80. The molecule has 0 aliphatic heterocycles. The number of hydrogen-bond donors (Lipinski definition) is 2. The van der Waals surface area contributed by atoms with Gasteiger partial charge in [-0.15, -0.1) is 0 Å². The van der Waals surface area contributed by atoms with E-state index in [4.69, 9.17) is 4.74 Å². The molecule has 5 nitrogen and oxygen atoms in total. The maximum atomic E-state index is 11.5. The Balaban J connectivity index is 2.41. The van der Waals surface area contributed by atoms with E-state index in [1.54, 1.807) is 31.4 Å². The van der Waals surface area contributed by atoms with Crippen molar-refractivity contribution in [3.05, 3.63) is 24.3 Å². The molecular weight excluding hydrogens is 232 g/mol. The molecule has 0 bridgehead atoms. The number of anilines is 1. The van der Waals surface area contributed by atoms with Gasteiger partial charge in [-0.25, -0.2) is 0 Å². The lowest BCUT2D eigenvalue weighted by atomic mass is 10.3. The van der Waals surface area contributed by atoms with Gasteiger partial charge in [0, 0.05) is 12.2 Å². The lowest BCUT2D eigenvalue weighted by Gasteiger charge is -2.06. The molecule has 0 saturated heterocycles. The smallest absolute Gasteiger partial charge is 0.233 e. The fourth-order valence-corrected chi connectivity index (χ4v) is 1.35. The standard InChI is InChI=1S/C13H18N2O3/c1-3-8-14-12(16)9-13(17)15-10-4-6-11(18-2)7-5-10/h4-7H,3,8-9H2,1-2H3,(H,14,16)(H,15,17). The van der Waals surface area contributed by atoms with Crippen molar-refractivity contribution in [1.29, 1.82) is 0 Å². The van der Waals surface area contributed by atoms with E-state index < -0.39 is 0 Å². The van der Waals surface area contributed by atoms with Crippen molar-refractivity contribution in [3.63, 3.8) is 0 Å². The highest BCUT2D eigenvalue weighted by Gasteiger charge is 2.08. The number of nitrogens with one attached hydrogen (secondary N) is 2. The van der Waals surface area contributed by atoms with Crippen LogP contribution < -0.4 is 15.4 Å². The predicted octanol–water partition coefficient (Wildman–Crippen LogP) is 1.55. The Morgan fingerprint density at radius 3 is 2.39 bits per heavy atom. The zero-order chi connectivity index (χ0) is 13.4. The molecule has 1 aromatic rings. The monoisotopic (exact) mass is 250 g/mol. The molecule has 1 aromatic carbocycles. The third-order valence-corrected chi connectivity index (χ3v) is 2.27. The Bertz CT molecular complexity index is 401. The molecule has 2 N–H and O–H groups in total. The van der Waals surface area contributed by atoms with Crippen molar-refractivity contribution in [3.8, 4) is 5.75 Å². The maximum absolute atomic E-state index is 11.5. The number of ether oxygens (including phenoxy) is 1. The molecule has 0 atom stereocenters. The summed E-state index contributed by atoms with van der Waals surface area (Å²) in [6, 6.07) is 6.93. The van der Waals surface area contributed by atoms with Gasteiger partial charge >= 0.3 is 0 Å². The lowest BCUT2D eigenvalue weighted by molar-refractivity contribution is -0.126. The molecular formula is C13H18N2O3. The summed E-state index contributed by atoms with van der Waals surface area (Å²) < 4.78 is 5.01. The molecule has 1 rings (SSSR count). The molecule has 0 fully saturated rings. The van der Waals surface area contributed by atoms with E-state index in [0.717, 1.165) is 6.42 Å². The molecule has 0 saturated carbocycles. The fourth-order valence-electron chi connectivity index (χ4n) is 1.35. The van der Waals surface area contributed by atoms with Crippen molar-refractivity contribution in [2.45, 2.75) is 19.8 Å². The topological polar surface area (TPSA) is 67.4 Å². The molecule has 0 heterocycles. The molecule has 0 aromatic heterocycles. The molecule has 98 valence electrons. The van der Waals surface area contributed by atoms with Gasteiger partial charge in [-0.2, -0.15) is 0 Å². The van der Waals surface area contributed by atoms with Crippen LogP contribution in [-0.2, 0) is 9.59 Å². The van der Waals surface area contributed by atoms with E-state index in [1.807, 2.05) is 6.92 Å². The van der Waals surface area contributed by atoms with Crippen LogP contribution in [0.4, 0.5) is 5.69 Å². The fraction of sp³-hybridized carbons (Fsp3) is 0.385. The number of benzene rings is 1. The Kier molecular flexibility index (Phi) is 5.70. The number of carbonyl (C=O) groups is 2. The summed E-state index contributed by atoms with van der Waals surface area (Å²) in [5, 5.41) is 5.29. The average molecular weight is 250 g/mol. The number of rotatable bonds is 6. The van der Waals surface area contributed by atoms with Crippen LogP contribution in [0, 0.1) is 0 Å². The zero-order valence-electron chi connectivity index (χ0n) is 10.7. The first kappa shape index (κ1) is 14.0. The predicted molar refractivity (Wildman–Crippen MR) is 69.5 cm³/mol. The first-order valence-corrected chi connectivity index (χ1v) is 5.86. The Morgan fingerprint density at radius 1 is 1.17 bits per heavy atom. The summed E-state index contributed by atoms with van der Waals surface area (Å²) in [6.07, 6.45) is 0.692. The van der Waals surface area contributed by atoms with Crippen LogP contribution in [0.15, 0.2) is 24.3 Å². The van der Waals surface area contributed by atoms with E-state index in [2.05, 4.69) is 10.6 Å². The zero-order valence-corrected chi connectivity index (χ0v) is 10.7. The van der Waals surface area contributed by atoms with Gasteiger partial charge in [0.1, 0.15) is 12.2 Å². The Hall–Kier alpha value is -2.04. The van der Waals surface area contributed by atoms with E-state index in [0.29, 0.717) is 18.0 Å². The van der Waals surface area contributed by atoms with Crippen molar-refractivity contribution in [2.75, 3.05) is 19.0 Å². The van der Waals surface area contributed by atoms with Gasteiger partial charge in [0.15, 0.2) is 0 Å². The van der Waals surface area contributed by atoms with E-state index in [-0.39, 0.29) is 18.2 Å². The van der Waals surface area contributed by atoms with Crippen LogP contribution in [0.2, 0.25) is 0 Å². The second-order valence-corrected chi connectivity index (χ2v) is 3.80. The number of carbonyl (C=O) groups excluding carboxylic acids is 2. The largest absolute Gasteiger partial charge is 0.497 e. The summed E-state index contributed by atoms with van der Waals surface area (Å²) in [6.45, 7) is 2.55. The minimum absolute atomic E-state index is 0.161. The van der Waals surface area contributed by atoms with Gasteiger partial charge in [0.05, 0.1) is 7.11 Å².